The smallest absolute Gasteiger partial charge is 0.258 e. The summed E-state index contributed by atoms with van der Waals surface area (Å²) in [6, 6.07) is 16.2. The number of rotatable bonds is 7. The SMILES string of the molecule is C=CC(=O)c1ccc(Oc2c(C)cccc2C)c(-c2cn(C)c(=O)c3cc(C(=O)NCC)ccc23)c1. The van der Waals surface area contributed by atoms with E-state index < -0.39 is 0 Å². The van der Waals surface area contributed by atoms with Gasteiger partial charge in [0.25, 0.3) is 11.5 Å². The summed E-state index contributed by atoms with van der Waals surface area (Å²) < 4.78 is 7.89. The number of aryl methyl sites for hydroxylation is 3. The van der Waals surface area contributed by atoms with Crippen molar-refractivity contribution in [1.29, 1.82) is 0 Å². The number of pyridine rings is 1. The Morgan fingerprint density at radius 3 is 2.33 bits per heavy atom. The largest absolute Gasteiger partial charge is 0.456 e. The van der Waals surface area contributed by atoms with Crippen LogP contribution >= 0.6 is 0 Å². The highest BCUT2D eigenvalue weighted by Gasteiger charge is 2.18. The molecule has 0 aliphatic carbocycles. The molecule has 1 aromatic heterocycles. The maximum atomic E-state index is 13.1. The third kappa shape index (κ3) is 4.58. The van der Waals surface area contributed by atoms with E-state index in [1.165, 1.54) is 10.6 Å². The van der Waals surface area contributed by atoms with Crippen LogP contribution in [0.3, 0.4) is 0 Å². The second-order valence-electron chi connectivity index (χ2n) is 8.68. The van der Waals surface area contributed by atoms with Gasteiger partial charge >= 0.3 is 0 Å². The zero-order valence-corrected chi connectivity index (χ0v) is 20.8. The lowest BCUT2D eigenvalue weighted by Gasteiger charge is -2.18. The number of hydrogen-bond acceptors (Lipinski definition) is 4. The van der Waals surface area contributed by atoms with Gasteiger partial charge in [-0.2, -0.15) is 0 Å². The van der Waals surface area contributed by atoms with Gasteiger partial charge in [0.2, 0.25) is 0 Å². The van der Waals surface area contributed by atoms with Crippen molar-refractivity contribution in [3.8, 4) is 22.6 Å². The number of aromatic nitrogens is 1. The topological polar surface area (TPSA) is 77.4 Å². The first-order valence-electron chi connectivity index (χ1n) is 11.7. The highest BCUT2D eigenvalue weighted by molar-refractivity contribution is 6.07. The highest BCUT2D eigenvalue weighted by Crippen LogP contribution is 2.39. The van der Waals surface area contributed by atoms with Crippen LogP contribution < -0.4 is 15.6 Å². The molecule has 0 aliphatic rings. The monoisotopic (exact) mass is 480 g/mol. The minimum Gasteiger partial charge on any atom is -0.456 e. The normalized spacial score (nSPS) is 10.8. The average molecular weight is 481 g/mol. The van der Waals surface area contributed by atoms with Crippen LogP contribution in [0.1, 0.15) is 38.8 Å². The van der Waals surface area contributed by atoms with Gasteiger partial charge < -0.3 is 14.6 Å². The van der Waals surface area contributed by atoms with Crippen LogP contribution in [0.2, 0.25) is 0 Å². The molecule has 1 amide bonds. The van der Waals surface area contributed by atoms with Crippen molar-refractivity contribution in [2.45, 2.75) is 20.8 Å². The number of ether oxygens (including phenoxy) is 1. The molecule has 4 rings (SSSR count). The molecule has 3 aromatic carbocycles. The number of amides is 1. The second-order valence-corrected chi connectivity index (χ2v) is 8.68. The summed E-state index contributed by atoms with van der Waals surface area (Å²) in [5.41, 5.74) is 3.94. The minimum atomic E-state index is -0.246. The summed E-state index contributed by atoms with van der Waals surface area (Å²) in [6.07, 6.45) is 2.99. The van der Waals surface area contributed by atoms with Crippen LogP contribution in [0.15, 0.2) is 78.2 Å². The summed E-state index contributed by atoms with van der Waals surface area (Å²) >= 11 is 0. The summed E-state index contributed by atoms with van der Waals surface area (Å²) in [5.74, 6) is 0.807. The van der Waals surface area contributed by atoms with Crippen LogP contribution in [-0.4, -0.2) is 22.8 Å². The number of allylic oxidation sites excluding steroid dienone is 1. The Bertz CT molecular complexity index is 1560. The lowest BCUT2D eigenvalue weighted by atomic mass is 9.95. The number of fused-ring (bicyclic) bond motifs is 1. The van der Waals surface area contributed by atoms with E-state index >= 15 is 0 Å². The van der Waals surface area contributed by atoms with Crippen LogP contribution in [0, 0.1) is 13.8 Å². The lowest BCUT2D eigenvalue weighted by molar-refractivity contribution is 0.0955. The zero-order chi connectivity index (χ0) is 26.0. The molecule has 0 aliphatic heterocycles. The molecule has 0 radical (unpaired) electrons. The first kappa shape index (κ1) is 24.7. The molecule has 6 heteroatoms. The summed E-state index contributed by atoms with van der Waals surface area (Å²) in [4.78, 5) is 38.0. The molecule has 4 aromatic rings. The molecular weight excluding hydrogens is 452 g/mol. The molecule has 0 saturated carbocycles. The first-order valence-corrected chi connectivity index (χ1v) is 11.7. The third-order valence-electron chi connectivity index (χ3n) is 6.14. The number of benzene rings is 3. The quantitative estimate of drug-likeness (QED) is 0.271. The molecule has 182 valence electrons. The Morgan fingerprint density at radius 1 is 0.972 bits per heavy atom. The summed E-state index contributed by atoms with van der Waals surface area (Å²) in [7, 11) is 1.66. The van der Waals surface area contributed by atoms with E-state index in [-0.39, 0.29) is 17.2 Å². The fourth-order valence-corrected chi connectivity index (χ4v) is 4.26. The molecule has 1 heterocycles. The molecule has 0 fully saturated rings. The Balaban J connectivity index is 1.99. The highest BCUT2D eigenvalue weighted by atomic mass is 16.5. The third-order valence-corrected chi connectivity index (χ3v) is 6.14. The van der Waals surface area contributed by atoms with Gasteiger partial charge in [-0.25, -0.2) is 0 Å². The maximum Gasteiger partial charge on any atom is 0.258 e. The van der Waals surface area contributed by atoms with Crippen molar-refractivity contribution in [3.63, 3.8) is 0 Å². The second kappa shape index (κ2) is 10.0. The minimum absolute atomic E-state index is 0.220. The van der Waals surface area contributed by atoms with Crippen molar-refractivity contribution in [3.05, 3.63) is 106 Å². The fraction of sp³-hybridized carbons (Fsp3) is 0.167. The van der Waals surface area contributed by atoms with Gasteiger partial charge in [0.15, 0.2) is 5.78 Å². The van der Waals surface area contributed by atoms with E-state index in [0.29, 0.717) is 45.3 Å². The van der Waals surface area contributed by atoms with E-state index in [1.807, 2.05) is 39.0 Å². The number of carbonyl (C=O) groups is 2. The molecule has 6 nitrogen and oxygen atoms in total. The molecule has 36 heavy (non-hydrogen) atoms. The Hall–Kier alpha value is -4.45. The number of ketones is 1. The predicted octanol–water partition coefficient (Wildman–Crippen LogP) is 5.73. The van der Waals surface area contributed by atoms with Gasteiger partial charge in [-0.15, -0.1) is 0 Å². The number of hydrogen-bond donors (Lipinski definition) is 1. The summed E-state index contributed by atoms with van der Waals surface area (Å²) in [6.45, 7) is 9.88. The van der Waals surface area contributed by atoms with Crippen molar-refractivity contribution < 1.29 is 14.3 Å². The summed E-state index contributed by atoms with van der Waals surface area (Å²) in [5, 5.41) is 3.82. The Morgan fingerprint density at radius 2 is 1.67 bits per heavy atom. The van der Waals surface area contributed by atoms with Gasteiger partial charge in [-0.05, 0) is 73.7 Å². The standard InChI is InChI=1S/C30H28N2O4/c1-6-26(33)20-12-14-27(36-28-18(3)9-8-10-19(28)4)23(15-20)25-17-32(5)30(35)24-16-21(11-13-22(24)25)29(34)31-7-2/h6,8-17H,1,7H2,2-5H3,(H,31,34). The molecule has 0 spiro atoms. The van der Waals surface area contributed by atoms with Crippen molar-refractivity contribution in [2.75, 3.05) is 6.54 Å². The average Bonchev–Trinajstić information content (AvgIpc) is 2.88. The molecule has 0 unspecified atom stereocenters. The van der Waals surface area contributed by atoms with Crippen molar-refractivity contribution in [2.24, 2.45) is 7.05 Å². The molecular formula is C30H28N2O4. The molecule has 0 bridgehead atoms. The number of carbonyl (C=O) groups excluding carboxylic acids is 2. The van der Waals surface area contributed by atoms with Crippen LogP contribution in [-0.2, 0) is 7.05 Å². The van der Waals surface area contributed by atoms with E-state index in [2.05, 4.69) is 11.9 Å². The van der Waals surface area contributed by atoms with Crippen LogP contribution in [0.5, 0.6) is 11.5 Å². The van der Waals surface area contributed by atoms with E-state index in [9.17, 15) is 14.4 Å². The van der Waals surface area contributed by atoms with E-state index in [0.717, 1.165) is 16.9 Å². The molecule has 0 atom stereocenters. The van der Waals surface area contributed by atoms with Gasteiger partial charge in [0.1, 0.15) is 11.5 Å². The van der Waals surface area contributed by atoms with Crippen LogP contribution in [0.25, 0.3) is 21.9 Å². The predicted molar refractivity (Wildman–Crippen MR) is 143 cm³/mol. The maximum absolute atomic E-state index is 13.1. The number of nitrogens with one attached hydrogen (secondary N) is 1. The van der Waals surface area contributed by atoms with Gasteiger partial charge in [0.05, 0.1) is 0 Å². The first-order chi connectivity index (χ1) is 17.2. The number of nitrogens with zero attached hydrogens (tertiary/aromatic N) is 1. The Labute approximate surface area is 209 Å². The lowest BCUT2D eigenvalue weighted by Crippen LogP contribution is -2.23. The van der Waals surface area contributed by atoms with Crippen molar-refractivity contribution in [1.82, 2.24) is 9.88 Å². The van der Waals surface area contributed by atoms with E-state index in [1.54, 1.807) is 49.6 Å². The van der Waals surface area contributed by atoms with Gasteiger partial charge in [0, 0.05) is 47.4 Å². The zero-order valence-electron chi connectivity index (χ0n) is 20.8. The number of para-hydroxylation sites is 1. The Kier molecular flexibility index (Phi) is 6.88. The van der Waals surface area contributed by atoms with Crippen molar-refractivity contribution >= 4 is 22.5 Å². The van der Waals surface area contributed by atoms with E-state index in [4.69, 9.17) is 4.74 Å². The van der Waals surface area contributed by atoms with Gasteiger partial charge in [-0.3, -0.25) is 14.4 Å². The van der Waals surface area contributed by atoms with Crippen LogP contribution in [0.4, 0.5) is 0 Å². The fourth-order valence-electron chi connectivity index (χ4n) is 4.26. The van der Waals surface area contributed by atoms with Gasteiger partial charge in [-0.1, -0.05) is 30.8 Å². The molecule has 1 N–H and O–H groups in total. The molecule has 0 saturated heterocycles.